The van der Waals surface area contributed by atoms with Crippen molar-refractivity contribution in [1.82, 2.24) is 5.32 Å². The van der Waals surface area contributed by atoms with Crippen LogP contribution in [0.15, 0.2) is 0 Å². The van der Waals surface area contributed by atoms with Crippen LogP contribution < -0.4 is 11.1 Å². The Morgan fingerprint density at radius 3 is 2.47 bits per heavy atom. The molecule has 2 unspecified atom stereocenters. The molecule has 0 bridgehead atoms. The van der Waals surface area contributed by atoms with Crippen molar-refractivity contribution in [2.45, 2.75) is 51.1 Å². The van der Waals surface area contributed by atoms with Crippen LogP contribution in [0.4, 0.5) is 0 Å². The molecule has 0 rings (SSSR count). The number of ether oxygens (including phenoxy) is 2. The lowest BCUT2D eigenvalue weighted by Crippen LogP contribution is -2.53. The Morgan fingerprint density at radius 1 is 1.37 bits per heavy atom. The van der Waals surface area contributed by atoms with Gasteiger partial charge in [-0.1, -0.05) is 13.8 Å². The minimum absolute atomic E-state index is 0.0496. The molecule has 19 heavy (non-hydrogen) atoms. The van der Waals surface area contributed by atoms with Crippen LogP contribution in [-0.4, -0.2) is 55.4 Å². The highest BCUT2D eigenvalue weighted by Crippen LogP contribution is 2.16. The van der Waals surface area contributed by atoms with Crippen molar-refractivity contribution in [2.75, 3.05) is 26.1 Å². The number of methoxy groups -OCH3 is 1. The third-order valence-corrected chi connectivity index (χ3v) is 3.97. The third kappa shape index (κ3) is 7.15. The molecule has 0 aromatic carbocycles. The van der Waals surface area contributed by atoms with Gasteiger partial charge in [0.1, 0.15) is 0 Å². The van der Waals surface area contributed by atoms with E-state index in [1.807, 2.05) is 20.8 Å². The number of nitrogens with two attached hydrogens (primary N) is 1. The monoisotopic (exact) mass is 292 g/mol. The quantitative estimate of drug-likeness (QED) is 0.629. The molecule has 0 heterocycles. The second-order valence-electron chi connectivity index (χ2n) is 4.46. The Bertz CT molecular complexity index is 254. The molecular formula is C13H28N2O3S. The summed E-state index contributed by atoms with van der Waals surface area (Å²) in [6.07, 6.45) is -0.627. The summed E-state index contributed by atoms with van der Waals surface area (Å²) >= 11 is 1.72. The van der Waals surface area contributed by atoms with Crippen molar-refractivity contribution >= 4 is 17.7 Å². The average molecular weight is 292 g/mol. The summed E-state index contributed by atoms with van der Waals surface area (Å²) in [6.45, 7) is 9.04. The Morgan fingerprint density at radius 2 is 2.00 bits per heavy atom. The minimum Gasteiger partial charge on any atom is -0.380 e. The highest BCUT2D eigenvalue weighted by Gasteiger charge is 2.30. The number of carbonyl (C=O) groups excluding carboxylic acids is 1. The molecule has 0 aliphatic heterocycles. The van der Waals surface area contributed by atoms with E-state index in [0.29, 0.717) is 13.2 Å². The van der Waals surface area contributed by atoms with Crippen molar-refractivity contribution in [3.63, 3.8) is 0 Å². The summed E-state index contributed by atoms with van der Waals surface area (Å²) in [5, 5.41) is 3.03. The van der Waals surface area contributed by atoms with E-state index in [2.05, 4.69) is 12.2 Å². The van der Waals surface area contributed by atoms with Gasteiger partial charge in [-0.2, -0.15) is 11.8 Å². The van der Waals surface area contributed by atoms with Gasteiger partial charge in [-0.15, -0.1) is 0 Å². The van der Waals surface area contributed by atoms with Crippen LogP contribution in [0.25, 0.3) is 0 Å². The molecule has 1 amide bonds. The van der Waals surface area contributed by atoms with Crippen molar-refractivity contribution < 1.29 is 14.3 Å². The molecule has 5 nitrogen and oxygen atoms in total. The van der Waals surface area contributed by atoms with Gasteiger partial charge in [0.05, 0.1) is 12.6 Å². The number of carbonyl (C=O) groups is 1. The maximum absolute atomic E-state index is 12.1. The highest BCUT2D eigenvalue weighted by atomic mass is 32.2. The first-order chi connectivity index (χ1) is 8.97. The van der Waals surface area contributed by atoms with Gasteiger partial charge < -0.3 is 20.5 Å². The van der Waals surface area contributed by atoms with Crippen molar-refractivity contribution in [1.29, 1.82) is 0 Å². The lowest BCUT2D eigenvalue weighted by Gasteiger charge is -2.27. The van der Waals surface area contributed by atoms with E-state index in [9.17, 15) is 4.79 Å². The van der Waals surface area contributed by atoms with Gasteiger partial charge in [0.25, 0.3) is 5.91 Å². The van der Waals surface area contributed by atoms with Crippen LogP contribution in [0.1, 0.15) is 27.7 Å². The zero-order chi connectivity index (χ0) is 14.8. The van der Waals surface area contributed by atoms with Crippen LogP contribution in [0, 0.1) is 0 Å². The maximum atomic E-state index is 12.1. The predicted octanol–water partition coefficient (Wildman–Crippen LogP) is 1.01. The fourth-order valence-electron chi connectivity index (χ4n) is 1.72. The molecule has 0 fully saturated rings. The standard InChI is InChI=1S/C13H28N2O3S/c1-6-18-8-9(3)15-13(16)12(17-5)11(14)10(4)19-7-2/h9-12H,6-8,14H2,1-5H3,(H,15,16)/t9-,10?,11+,12?/m1/s1. The van der Waals surface area contributed by atoms with Gasteiger partial charge >= 0.3 is 0 Å². The molecule has 3 N–H and O–H groups in total. The number of hydrogen-bond donors (Lipinski definition) is 2. The molecule has 114 valence electrons. The fourth-order valence-corrected chi connectivity index (χ4v) is 2.61. The molecule has 4 atom stereocenters. The van der Waals surface area contributed by atoms with E-state index in [1.165, 1.54) is 7.11 Å². The minimum atomic E-state index is -0.627. The molecule has 0 saturated carbocycles. The van der Waals surface area contributed by atoms with E-state index < -0.39 is 6.10 Å². The van der Waals surface area contributed by atoms with E-state index in [-0.39, 0.29) is 23.2 Å². The Labute approximate surface area is 121 Å². The first-order valence-electron chi connectivity index (χ1n) is 6.75. The molecule has 0 spiro atoms. The number of hydrogen-bond acceptors (Lipinski definition) is 5. The lowest BCUT2D eigenvalue weighted by atomic mass is 10.1. The van der Waals surface area contributed by atoms with Crippen molar-refractivity contribution in [3.05, 3.63) is 0 Å². The summed E-state index contributed by atoms with van der Waals surface area (Å²) in [4.78, 5) is 12.1. The van der Waals surface area contributed by atoms with Crippen LogP contribution in [0.2, 0.25) is 0 Å². The highest BCUT2D eigenvalue weighted by molar-refractivity contribution is 7.99. The van der Waals surface area contributed by atoms with E-state index in [4.69, 9.17) is 15.2 Å². The summed E-state index contributed by atoms with van der Waals surface area (Å²) < 4.78 is 10.5. The predicted molar refractivity (Wildman–Crippen MR) is 80.5 cm³/mol. The molecule has 0 saturated heterocycles. The van der Waals surface area contributed by atoms with E-state index in [0.717, 1.165) is 5.75 Å². The van der Waals surface area contributed by atoms with E-state index >= 15 is 0 Å². The summed E-state index contributed by atoms with van der Waals surface area (Å²) in [5.41, 5.74) is 6.10. The molecule has 0 aliphatic carbocycles. The zero-order valence-corrected chi connectivity index (χ0v) is 13.5. The largest absolute Gasteiger partial charge is 0.380 e. The smallest absolute Gasteiger partial charge is 0.251 e. The van der Waals surface area contributed by atoms with Gasteiger partial charge in [0.2, 0.25) is 0 Å². The number of nitrogens with one attached hydrogen (secondary N) is 1. The second-order valence-corrected chi connectivity index (χ2v) is 6.12. The molecule has 0 aliphatic rings. The summed E-state index contributed by atoms with van der Waals surface area (Å²) in [5.74, 6) is 0.791. The molecule has 6 heteroatoms. The van der Waals surface area contributed by atoms with Gasteiger partial charge in [0.15, 0.2) is 6.10 Å². The van der Waals surface area contributed by atoms with Crippen LogP contribution in [-0.2, 0) is 14.3 Å². The average Bonchev–Trinajstić information content (AvgIpc) is 2.37. The number of amides is 1. The lowest BCUT2D eigenvalue weighted by molar-refractivity contribution is -0.133. The Balaban J connectivity index is 4.37. The van der Waals surface area contributed by atoms with Gasteiger partial charge in [-0.3, -0.25) is 4.79 Å². The van der Waals surface area contributed by atoms with Crippen molar-refractivity contribution in [2.24, 2.45) is 5.73 Å². The first kappa shape index (κ1) is 18.7. The molecular weight excluding hydrogens is 264 g/mol. The second kappa shape index (κ2) is 10.5. The number of thioether (sulfide) groups is 1. The normalized spacial score (nSPS) is 17.6. The zero-order valence-electron chi connectivity index (χ0n) is 12.6. The topological polar surface area (TPSA) is 73.6 Å². The van der Waals surface area contributed by atoms with E-state index in [1.54, 1.807) is 11.8 Å². The van der Waals surface area contributed by atoms with Gasteiger partial charge in [-0.05, 0) is 19.6 Å². The van der Waals surface area contributed by atoms with Gasteiger partial charge in [-0.25, -0.2) is 0 Å². The maximum Gasteiger partial charge on any atom is 0.251 e. The SMILES string of the molecule is CCOC[C@@H](C)NC(=O)C(OC)[C@@H](N)C(C)SCC. The summed E-state index contributed by atoms with van der Waals surface area (Å²) in [6, 6.07) is -0.374. The first-order valence-corrected chi connectivity index (χ1v) is 7.80. The van der Waals surface area contributed by atoms with Crippen molar-refractivity contribution in [3.8, 4) is 0 Å². The van der Waals surface area contributed by atoms with Crippen LogP contribution >= 0.6 is 11.8 Å². The van der Waals surface area contributed by atoms with Crippen LogP contribution in [0.5, 0.6) is 0 Å². The number of rotatable bonds is 10. The fraction of sp³-hybridized carbons (Fsp3) is 0.923. The van der Waals surface area contributed by atoms with Crippen LogP contribution in [0.3, 0.4) is 0 Å². The summed E-state index contributed by atoms with van der Waals surface area (Å²) in [7, 11) is 1.51. The van der Waals surface area contributed by atoms with Gasteiger partial charge in [0, 0.05) is 25.0 Å². The third-order valence-electron chi connectivity index (χ3n) is 2.79. The Hall–Kier alpha value is -0.300. The Kier molecular flexibility index (Phi) is 10.3. The molecule has 0 aromatic rings. The molecule has 0 radical (unpaired) electrons. The molecule has 0 aromatic heterocycles.